The Kier molecular flexibility index (Phi) is 6.92. The number of halogens is 1. The molecule has 2 aromatic carbocycles. The Hall–Kier alpha value is -3.52. The minimum absolute atomic E-state index is 0.183. The predicted octanol–water partition coefficient (Wildman–Crippen LogP) is 4.96. The van der Waals surface area contributed by atoms with E-state index in [1.807, 2.05) is 18.2 Å². The molecule has 0 aliphatic carbocycles. The first-order valence-corrected chi connectivity index (χ1v) is 9.65. The van der Waals surface area contributed by atoms with Gasteiger partial charge in [0.2, 0.25) is 5.91 Å². The van der Waals surface area contributed by atoms with Gasteiger partial charge in [0.1, 0.15) is 11.5 Å². The van der Waals surface area contributed by atoms with Crippen LogP contribution in [0, 0.1) is 0 Å². The fraction of sp³-hybridized carbons (Fsp3) is 0.0909. The lowest BCUT2D eigenvalue weighted by atomic mass is 10.2. The molecule has 0 unspecified atom stereocenters. The summed E-state index contributed by atoms with van der Waals surface area (Å²) in [5.74, 6) is 0.501. The second-order valence-corrected chi connectivity index (χ2v) is 6.97. The van der Waals surface area contributed by atoms with Crippen LogP contribution < -0.4 is 20.1 Å². The van der Waals surface area contributed by atoms with Crippen molar-refractivity contribution in [1.29, 1.82) is 0 Å². The SMILES string of the molecule is COc1ccc(Br)cc1/C=C/C(=O)Nc1ccc(NC(=O)c2ccco2)c(OC)c1. The van der Waals surface area contributed by atoms with E-state index < -0.39 is 5.91 Å². The monoisotopic (exact) mass is 470 g/mol. The summed E-state index contributed by atoms with van der Waals surface area (Å²) in [6.45, 7) is 0. The maximum atomic E-state index is 12.3. The van der Waals surface area contributed by atoms with Gasteiger partial charge in [-0.3, -0.25) is 9.59 Å². The number of nitrogens with one attached hydrogen (secondary N) is 2. The second-order valence-electron chi connectivity index (χ2n) is 6.06. The van der Waals surface area contributed by atoms with Crippen LogP contribution >= 0.6 is 15.9 Å². The summed E-state index contributed by atoms with van der Waals surface area (Å²) >= 11 is 3.40. The summed E-state index contributed by atoms with van der Waals surface area (Å²) in [6.07, 6.45) is 4.49. The molecule has 0 fully saturated rings. The van der Waals surface area contributed by atoms with Crippen LogP contribution in [0.1, 0.15) is 16.1 Å². The van der Waals surface area contributed by atoms with Crippen molar-refractivity contribution >= 4 is 45.2 Å². The summed E-state index contributed by atoms with van der Waals surface area (Å²) in [6, 6.07) is 13.6. The molecule has 154 valence electrons. The Balaban J connectivity index is 1.70. The molecule has 0 aliphatic rings. The van der Waals surface area contributed by atoms with Crippen LogP contribution in [-0.2, 0) is 4.79 Å². The average Bonchev–Trinajstić information content (AvgIpc) is 3.28. The summed E-state index contributed by atoms with van der Waals surface area (Å²) in [7, 11) is 3.04. The highest BCUT2D eigenvalue weighted by Crippen LogP contribution is 2.29. The molecule has 3 aromatic rings. The molecule has 0 spiro atoms. The third-order valence-electron chi connectivity index (χ3n) is 4.07. The number of methoxy groups -OCH3 is 2. The van der Waals surface area contributed by atoms with Gasteiger partial charge in [0, 0.05) is 27.9 Å². The molecule has 0 atom stereocenters. The van der Waals surface area contributed by atoms with Gasteiger partial charge in [0.25, 0.3) is 5.91 Å². The Bertz CT molecular complexity index is 1080. The van der Waals surface area contributed by atoms with Crippen molar-refractivity contribution in [2.75, 3.05) is 24.9 Å². The van der Waals surface area contributed by atoms with Crippen LogP contribution in [0.4, 0.5) is 11.4 Å². The lowest BCUT2D eigenvalue weighted by molar-refractivity contribution is -0.111. The van der Waals surface area contributed by atoms with Gasteiger partial charge < -0.3 is 24.5 Å². The number of carbonyl (C=O) groups is 2. The molecule has 30 heavy (non-hydrogen) atoms. The number of ether oxygens (including phenoxy) is 2. The number of rotatable bonds is 7. The molecular formula is C22H19BrN2O5. The lowest BCUT2D eigenvalue weighted by Crippen LogP contribution is -2.12. The standard InChI is InChI=1S/C22H19BrN2O5/c1-28-18-9-6-15(23)12-14(18)5-10-21(26)24-16-7-8-17(20(13-16)29-2)25-22(27)19-4-3-11-30-19/h3-13H,1-2H3,(H,24,26)(H,25,27)/b10-5+. The number of carbonyl (C=O) groups excluding carboxylic acids is 2. The smallest absolute Gasteiger partial charge is 0.291 e. The summed E-state index contributed by atoms with van der Waals surface area (Å²) in [5, 5.41) is 5.46. The summed E-state index contributed by atoms with van der Waals surface area (Å²) in [5.41, 5.74) is 1.72. The fourth-order valence-electron chi connectivity index (χ4n) is 2.65. The topological polar surface area (TPSA) is 89.8 Å². The normalized spacial score (nSPS) is 10.6. The number of benzene rings is 2. The molecule has 0 saturated heterocycles. The van der Waals surface area contributed by atoms with E-state index in [0.717, 1.165) is 10.0 Å². The van der Waals surface area contributed by atoms with E-state index >= 15 is 0 Å². The van der Waals surface area contributed by atoms with E-state index in [2.05, 4.69) is 26.6 Å². The third-order valence-corrected chi connectivity index (χ3v) is 4.56. The van der Waals surface area contributed by atoms with E-state index in [4.69, 9.17) is 13.9 Å². The molecule has 3 rings (SSSR count). The van der Waals surface area contributed by atoms with Gasteiger partial charge in [-0.2, -0.15) is 0 Å². The molecule has 2 amide bonds. The minimum Gasteiger partial charge on any atom is -0.496 e. The highest BCUT2D eigenvalue weighted by Gasteiger charge is 2.13. The van der Waals surface area contributed by atoms with Crippen LogP contribution in [0.5, 0.6) is 11.5 Å². The second kappa shape index (κ2) is 9.80. The molecule has 1 aromatic heterocycles. The maximum Gasteiger partial charge on any atom is 0.291 e. The molecule has 0 bridgehead atoms. The Morgan fingerprint density at radius 3 is 2.50 bits per heavy atom. The number of anilines is 2. The van der Waals surface area contributed by atoms with Gasteiger partial charge >= 0.3 is 0 Å². The van der Waals surface area contributed by atoms with E-state index in [0.29, 0.717) is 22.9 Å². The number of amides is 2. The highest BCUT2D eigenvalue weighted by atomic mass is 79.9. The first-order valence-electron chi connectivity index (χ1n) is 8.85. The Morgan fingerprint density at radius 2 is 1.80 bits per heavy atom. The van der Waals surface area contributed by atoms with Gasteiger partial charge in [-0.25, -0.2) is 0 Å². The Morgan fingerprint density at radius 1 is 1.00 bits per heavy atom. The molecule has 1 heterocycles. The third kappa shape index (κ3) is 5.30. The quantitative estimate of drug-likeness (QED) is 0.476. The summed E-state index contributed by atoms with van der Waals surface area (Å²) in [4.78, 5) is 24.5. The lowest BCUT2D eigenvalue weighted by Gasteiger charge is -2.11. The Labute approximate surface area is 181 Å². The molecule has 7 nitrogen and oxygen atoms in total. The minimum atomic E-state index is -0.402. The largest absolute Gasteiger partial charge is 0.496 e. The van der Waals surface area contributed by atoms with Crippen molar-refractivity contribution in [1.82, 2.24) is 0 Å². The van der Waals surface area contributed by atoms with E-state index in [-0.39, 0.29) is 11.7 Å². The van der Waals surface area contributed by atoms with Crippen molar-refractivity contribution < 1.29 is 23.5 Å². The van der Waals surface area contributed by atoms with Crippen LogP contribution in [0.2, 0.25) is 0 Å². The summed E-state index contributed by atoms with van der Waals surface area (Å²) < 4.78 is 16.6. The van der Waals surface area contributed by atoms with Crippen molar-refractivity contribution in [3.8, 4) is 11.5 Å². The van der Waals surface area contributed by atoms with Crippen LogP contribution in [0.3, 0.4) is 0 Å². The molecule has 0 radical (unpaired) electrons. The zero-order chi connectivity index (χ0) is 21.5. The fourth-order valence-corrected chi connectivity index (χ4v) is 3.03. The van der Waals surface area contributed by atoms with Crippen molar-refractivity contribution in [2.45, 2.75) is 0 Å². The van der Waals surface area contributed by atoms with Gasteiger partial charge in [-0.1, -0.05) is 15.9 Å². The van der Waals surface area contributed by atoms with E-state index in [1.165, 1.54) is 19.4 Å². The van der Waals surface area contributed by atoms with Crippen molar-refractivity contribution in [2.24, 2.45) is 0 Å². The number of hydrogen-bond acceptors (Lipinski definition) is 5. The van der Waals surface area contributed by atoms with E-state index in [1.54, 1.807) is 43.5 Å². The number of furan rings is 1. The van der Waals surface area contributed by atoms with Gasteiger partial charge in [-0.15, -0.1) is 0 Å². The number of hydrogen-bond donors (Lipinski definition) is 2. The molecule has 8 heteroatoms. The highest BCUT2D eigenvalue weighted by molar-refractivity contribution is 9.10. The van der Waals surface area contributed by atoms with Crippen molar-refractivity contribution in [3.63, 3.8) is 0 Å². The van der Waals surface area contributed by atoms with E-state index in [9.17, 15) is 9.59 Å². The van der Waals surface area contributed by atoms with Crippen LogP contribution in [0.15, 0.2) is 69.8 Å². The van der Waals surface area contributed by atoms with Crippen molar-refractivity contribution in [3.05, 3.63) is 76.7 Å². The predicted molar refractivity (Wildman–Crippen MR) is 118 cm³/mol. The van der Waals surface area contributed by atoms with Crippen LogP contribution in [0.25, 0.3) is 6.08 Å². The van der Waals surface area contributed by atoms with Crippen LogP contribution in [-0.4, -0.2) is 26.0 Å². The molecule has 0 aliphatic heterocycles. The zero-order valence-corrected chi connectivity index (χ0v) is 17.9. The van der Waals surface area contributed by atoms with Gasteiger partial charge in [-0.05, 0) is 48.5 Å². The average molecular weight is 471 g/mol. The molecule has 2 N–H and O–H groups in total. The van der Waals surface area contributed by atoms with Gasteiger partial charge in [0.15, 0.2) is 5.76 Å². The molecular weight excluding hydrogens is 452 g/mol. The molecule has 0 saturated carbocycles. The first-order chi connectivity index (χ1) is 14.5. The first kappa shape index (κ1) is 21.2. The zero-order valence-electron chi connectivity index (χ0n) is 16.3. The maximum absolute atomic E-state index is 12.3. The van der Waals surface area contributed by atoms with Gasteiger partial charge in [0.05, 0.1) is 26.2 Å².